The monoisotopic (exact) mass is 1130 g/mol. The van der Waals surface area contributed by atoms with E-state index in [0.717, 1.165) is 44.9 Å². The van der Waals surface area contributed by atoms with E-state index in [1.807, 2.05) is 6.08 Å². The second-order valence-corrected chi connectivity index (χ2v) is 25.3. The Kier molecular flexibility index (Phi) is 68.4. The zero-order valence-corrected chi connectivity index (χ0v) is 54.3. The molecular weight excluding hydrogens is 983 g/mol. The lowest BCUT2D eigenvalue weighted by atomic mass is 10.0. The SMILES string of the molecule is CCCCCCCCCCCCCCCCCCCCCCC/C=C/C(O)C(CO)NC(=O)CCCCCCCCC/C=C\CCCCCCCCCCCCCOC(=O)CCCCCCCCCCCCCCCCCCCC. The predicted octanol–water partition coefficient (Wildman–Crippen LogP) is 23.7. The highest BCUT2D eigenvalue weighted by Crippen LogP contribution is 2.19. The van der Waals surface area contributed by atoms with E-state index < -0.39 is 12.1 Å². The normalized spacial score (nSPS) is 12.6. The molecule has 0 bridgehead atoms. The predicted molar refractivity (Wildman–Crippen MR) is 352 cm³/mol. The molecule has 0 heterocycles. The van der Waals surface area contributed by atoms with Gasteiger partial charge in [-0.3, -0.25) is 9.59 Å². The van der Waals surface area contributed by atoms with Crippen molar-refractivity contribution in [3.05, 3.63) is 24.3 Å². The highest BCUT2D eigenvalue weighted by molar-refractivity contribution is 5.76. The molecule has 2 atom stereocenters. The average molecular weight is 1130 g/mol. The van der Waals surface area contributed by atoms with Gasteiger partial charge in [0.2, 0.25) is 5.91 Å². The van der Waals surface area contributed by atoms with Gasteiger partial charge in [0.1, 0.15) is 0 Å². The number of allylic oxidation sites excluding steroid dienone is 3. The summed E-state index contributed by atoms with van der Waals surface area (Å²) in [5.74, 6) is -0.0557. The maximum atomic E-state index is 12.5. The maximum absolute atomic E-state index is 12.5. The summed E-state index contributed by atoms with van der Waals surface area (Å²) >= 11 is 0. The molecule has 80 heavy (non-hydrogen) atoms. The number of aliphatic hydroxyl groups is 2. The van der Waals surface area contributed by atoms with E-state index in [9.17, 15) is 19.8 Å². The maximum Gasteiger partial charge on any atom is 0.305 e. The molecule has 0 aliphatic heterocycles. The number of hydrogen-bond donors (Lipinski definition) is 3. The van der Waals surface area contributed by atoms with E-state index in [1.165, 1.54) is 340 Å². The first-order valence-corrected chi connectivity index (χ1v) is 36.6. The summed E-state index contributed by atoms with van der Waals surface area (Å²) in [6.07, 6.45) is 88.3. The fourth-order valence-corrected chi connectivity index (χ4v) is 11.6. The Hall–Kier alpha value is -1.66. The van der Waals surface area contributed by atoms with Gasteiger partial charge < -0.3 is 20.3 Å². The zero-order chi connectivity index (χ0) is 57.8. The van der Waals surface area contributed by atoms with Crippen LogP contribution in [0.25, 0.3) is 0 Å². The van der Waals surface area contributed by atoms with Crippen molar-refractivity contribution in [1.82, 2.24) is 5.32 Å². The molecule has 0 aromatic heterocycles. The molecule has 6 heteroatoms. The van der Waals surface area contributed by atoms with Crippen LogP contribution in [-0.4, -0.2) is 47.4 Å². The lowest BCUT2D eigenvalue weighted by Gasteiger charge is -2.20. The van der Waals surface area contributed by atoms with Crippen LogP contribution in [0.1, 0.15) is 412 Å². The van der Waals surface area contributed by atoms with Crippen LogP contribution in [0.5, 0.6) is 0 Å². The summed E-state index contributed by atoms with van der Waals surface area (Å²) in [4.78, 5) is 24.6. The number of nitrogens with one attached hydrogen (secondary N) is 1. The first-order valence-electron chi connectivity index (χ1n) is 36.6. The van der Waals surface area contributed by atoms with Crippen molar-refractivity contribution >= 4 is 11.9 Å². The molecule has 0 radical (unpaired) electrons. The van der Waals surface area contributed by atoms with Crippen molar-refractivity contribution in [1.29, 1.82) is 0 Å². The number of carbonyl (C=O) groups is 2. The summed E-state index contributed by atoms with van der Waals surface area (Å²) in [6.45, 7) is 4.95. The van der Waals surface area contributed by atoms with Gasteiger partial charge in [-0.1, -0.05) is 366 Å². The van der Waals surface area contributed by atoms with Crippen LogP contribution in [0.15, 0.2) is 24.3 Å². The fourth-order valence-electron chi connectivity index (χ4n) is 11.6. The number of hydrogen-bond acceptors (Lipinski definition) is 5. The Balaban J connectivity index is 3.42. The smallest absolute Gasteiger partial charge is 0.305 e. The molecule has 0 fully saturated rings. The molecule has 3 N–H and O–H groups in total. The van der Waals surface area contributed by atoms with Gasteiger partial charge in [-0.2, -0.15) is 0 Å². The molecule has 1 amide bonds. The van der Waals surface area contributed by atoms with Gasteiger partial charge in [-0.15, -0.1) is 0 Å². The molecule has 0 aromatic carbocycles. The van der Waals surface area contributed by atoms with Gasteiger partial charge in [0.05, 0.1) is 25.4 Å². The van der Waals surface area contributed by atoms with Crippen molar-refractivity contribution in [2.75, 3.05) is 13.2 Å². The number of amides is 1. The number of rotatable bonds is 69. The minimum atomic E-state index is -0.850. The van der Waals surface area contributed by atoms with Gasteiger partial charge in [-0.25, -0.2) is 0 Å². The minimum Gasteiger partial charge on any atom is -0.466 e. The zero-order valence-electron chi connectivity index (χ0n) is 54.3. The fraction of sp³-hybridized carbons (Fsp3) is 0.919. The van der Waals surface area contributed by atoms with E-state index in [2.05, 4.69) is 31.3 Å². The number of carbonyl (C=O) groups excluding carboxylic acids is 2. The van der Waals surface area contributed by atoms with Crippen LogP contribution in [0.4, 0.5) is 0 Å². The van der Waals surface area contributed by atoms with Crippen LogP contribution in [0, 0.1) is 0 Å². The van der Waals surface area contributed by atoms with Gasteiger partial charge >= 0.3 is 5.97 Å². The Morgan fingerprint density at radius 2 is 0.588 bits per heavy atom. The van der Waals surface area contributed by atoms with Crippen LogP contribution in [-0.2, 0) is 14.3 Å². The van der Waals surface area contributed by atoms with Gasteiger partial charge in [-0.05, 0) is 57.8 Å². The molecule has 0 aliphatic rings. The molecule has 0 aliphatic carbocycles. The van der Waals surface area contributed by atoms with Crippen LogP contribution >= 0.6 is 0 Å². The van der Waals surface area contributed by atoms with Crippen molar-refractivity contribution in [3.8, 4) is 0 Å². The quantitative estimate of drug-likeness (QED) is 0.0320. The summed E-state index contributed by atoms with van der Waals surface area (Å²) < 4.78 is 5.51. The Bertz CT molecular complexity index is 1250. The van der Waals surface area contributed by atoms with Crippen LogP contribution < -0.4 is 5.32 Å². The number of esters is 1. The topological polar surface area (TPSA) is 95.9 Å². The molecular formula is C74H143NO5. The van der Waals surface area contributed by atoms with E-state index in [0.29, 0.717) is 19.4 Å². The number of ether oxygens (including phenoxy) is 1. The lowest BCUT2D eigenvalue weighted by Crippen LogP contribution is -2.45. The van der Waals surface area contributed by atoms with Crippen molar-refractivity contribution in [3.63, 3.8) is 0 Å². The van der Waals surface area contributed by atoms with Crippen LogP contribution in [0.3, 0.4) is 0 Å². The minimum absolute atomic E-state index is 0.0148. The Morgan fingerprint density at radius 3 is 0.887 bits per heavy atom. The summed E-state index contributed by atoms with van der Waals surface area (Å²) in [5.41, 5.74) is 0. The molecule has 0 saturated carbocycles. The Labute approximate surface area is 501 Å². The lowest BCUT2D eigenvalue weighted by molar-refractivity contribution is -0.143. The largest absolute Gasteiger partial charge is 0.466 e. The second-order valence-electron chi connectivity index (χ2n) is 25.3. The molecule has 474 valence electrons. The van der Waals surface area contributed by atoms with Gasteiger partial charge in [0.15, 0.2) is 0 Å². The van der Waals surface area contributed by atoms with Crippen molar-refractivity contribution in [2.24, 2.45) is 0 Å². The van der Waals surface area contributed by atoms with Crippen molar-refractivity contribution < 1.29 is 24.5 Å². The van der Waals surface area contributed by atoms with E-state index in [-0.39, 0.29) is 18.5 Å². The Morgan fingerprint density at radius 1 is 0.338 bits per heavy atom. The van der Waals surface area contributed by atoms with Gasteiger partial charge in [0.25, 0.3) is 0 Å². The third-order valence-corrected chi connectivity index (χ3v) is 17.2. The highest BCUT2D eigenvalue weighted by atomic mass is 16.5. The standard InChI is InChI=1S/C74H143NO5/c1-3-5-7-9-11-13-15-17-19-21-23-24-25-28-31-34-38-42-46-50-54-58-62-66-72(77)71(70-76)75-73(78)67-63-59-55-51-47-43-39-35-32-29-26-27-30-33-37-41-45-49-53-57-61-65-69-80-74(79)68-64-60-56-52-48-44-40-36-22-20-18-16-14-12-10-8-6-4-2/h29,32,62,66,71-72,76-77H,3-28,30-31,33-61,63-65,67-70H2,1-2H3,(H,75,78)/b32-29-,66-62+. The van der Waals surface area contributed by atoms with E-state index in [1.54, 1.807) is 6.08 Å². The molecule has 6 nitrogen and oxygen atoms in total. The number of unbranched alkanes of at least 4 members (excludes halogenated alkanes) is 56. The third-order valence-electron chi connectivity index (χ3n) is 17.2. The van der Waals surface area contributed by atoms with Crippen molar-refractivity contribution in [2.45, 2.75) is 424 Å². The highest BCUT2D eigenvalue weighted by Gasteiger charge is 2.18. The molecule has 0 rings (SSSR count). The first kappa shape index (κ1) is 78.3. The third kappa shape index (κ3) is 65.5. The van der Waals surface area contributed by atoms with Gasteiger partial charge in [0, 0.05) is 12.8 Å². The summed E-state index contributed by atoms with van der Waals surface area (Å²) in [6, 6.07) is -0.634. The first-order chi connectivity index (χ1) is 39.5. The summed E-state index contributed by atoms with van der Waals surface area (Å²) in [5, 5.41) is 23.3. The van der Waals surface area contributed by atoms with E-state index >= 15 is 0 Å². The average Bonchev–Trinajstić information content (AvgIpc) is 3.46. The van der Waals surface area contributed by atoms with Crippen LogP contribution in [0.2, 0.25) is 0 Å². The molecule has 0 saturated heterocycles. The molecule has 0 aromatic rings. The summed E-state index contributed by atoms with van der Waals surface area (Å²) in [7, 11) is 0. The second kappa shape index (κ2) is 69.8. The number of aliphatic hydroxyl groups excluding tert-OH is 2. The van der Waals surface area contributed by atoms with E-state index in [4.69, 9.17) is 4.74 Å². The molecule has 0 spiro atoms. The molecule has 2 unspecified atom stereocenters.